The molecule has 0 rings (SSSR count). The lowest BCUT2D eigenvalue weighted by Crippen LogP contribution is -2.37. The highest BCUT2D eigenvalue weighted by Crippen LogP contribution is 2.14. The lowest BCUT2D eigenvalue weighted by molar-refractivity contribution is -0.173. The van der Waals surface area contributed by atoms with E-state index in [-0.39, 0.29) is 32.1 Å². The number of halogens is 3. The summed E-state index contributed by atoms with van der Waals surface area (Å²) in [5.74, 6) is -2.31. The fourth-order valence-electron chi connectivity index (χ4n) is 0.933. The Balaban J connectivity index is 3.59. The summed E-state index contributed by atoms with van der Waals surface area (Å²) >= 11 is 0. The van der Waals surface area contributed by atoms with Crippen molar-refractivity contribution in [3.63, 3.8) is 0 Å². The number of aliphatic hydroxyl groups excluding tert-OH is 2. The summed E-state index contributed by atoms with van der Waals surface area (Å²) in [6, 6.07) is 0. The summed E-state index contributed by atoms with van der Waals surface area (Å²) in [4.78, 5) is 10.3. The molecule has 0 aliphatic carbocycles. The minimum atomic E-state index is -4.85. The molecule has 0 aliphatic heterocycles. The average Bonchev–Trinajstić information content (AvgIpc) is 2.16. The van der Waals surface area contributed by atoms with Gasteiger partial charge in [0, 0.05) is 25.7 Å². The maximum absolute atomic E-state index is 11.7. The van der Waals surface area contributed by atoms with Gasteiger partial charge in [0.15, 0.2) is 0 Å². The van der Waals surface area contributed by atoms with Crippen molar-refractivity contribution in [2.75, 3.05) is 19.8 Å². The number of amides is 1. The highest BCUT2D eigenvalue weighted by Gasteiger charge is 2.38. The summed E-state index contributed by atoms with van der Waals surface area (Å²) in [6.07, 6.45) is -4.20. The first-order valence-corrected chi connectivity index (χ1v) is 4.48. The molecule has 0 radical (unpaired) electrons. The minimum Gasteiger partial charge on any atom is -0.396 e. The van der Waals surface area contributed by atoms with E-state index in [2.05, 4.69) is 0 Å². The second-order valence-corrected chi connectivity index (χ2v) is 3.13. The minimum absolute atomic E-state index is 0.116. The Morgan fingerprint density at radius 1 is 1.27 bits per heavy atom. The van der Waals surface area contributed by atoms with Crippen LogP contribution in [0, 0.1) is 5.92 Å². The van der Waals surface area contributed by atoms with Crippen LogP contribution >= 0.6 is 0 Å². The van der Waals surface area contributed by atoms with E-state index in [0.29, 0.717) is 6.42 Å². The Labute approximate surface area is 85.1 Å². The van der Waals surface area contributed by atoms with Crippen molar-refractivity contribution in [2.45, 2.75) is 19.0 Å². The predicted octanol–water partition coefficient (Wildman–Crippen LogP) is 0.0459. The quantitative estimate of drug-likeness (QED) is 0.563. The number of carbonyl (C=O) groups is 1. The van der Waals surface area contributed by atoms with Crippen molar-refractivity contribution in [1.29, 1.82) is 0 Å². The summed E-state index contributed by atoms with van der Waals surface area (Å²) in [6.45, 7) is -0.553. The standard InChI is InChI=1S/C8H14F3NO3/c9-8(10,11)7(15)12-3-1-2-6(4-13)5-14/h6,13-14H,1-5H2,(H,12,15). The normalized spacial score (nSPS) is 11.9. The Bertz CT molecular complexity index is 192. The Morgan fingerprint density at radius 2 is 1.80 bits per heavy atom. The van der Waals surface area contributed by atoms with Gasteiger partial charge in [-0.15, -0.1) is 0 Å². The smallest absolute Gasteiger partial charge is 0.396 e. The molecule has 90 valence electrons. The van der Waals surface area contributed by atoms with Crippen molar-refractivity contribution in [2.24, 2.45) is 5.92 Å². The SMILES string of the molecule is O=C(NCCCC(CO)CO)C(F)(F)F. The zero-order valence-electron chi connectivity index (χ0n) is 8.05. The van der Waals surface area contributed by atoms with Crippen LogP contribution in [0.15, 0.2) is 0 Å². The van der Waals surface area contributed by atoms with Gasteiger partial charge in [0.25, 0.3) is 0 Å². The van der Waals surface area contributed by atoms with Crippen molar-refractivity contribution < 1.29 is 28.2 Å². The number of carbonyl (C=O) groups excluding carboxylic acids is 1. The van der Waals surface area contributed by atoms with Gasteiger partial charge in [-0.2, -0.15) is 13.2 Å². The second-order valence-electron chi connectivity index (χ2n) is 3.13. The number of hydrogen-bond acceptors (Lipinski definition) is 3. The molecule has 0 heterocycles. The van der Waals surface area contributed by atoms with E-state index in [0.717, 1.165) is 0 Å². The molecule has 1 amide bonds. The van der Waals surface area contributed by atoms with E-state index in [4.69, 9.17) is 10.2 Å². The molecule has 0 aromatic carbocycles. The third-order valence-corrected chi connectivity index (χ3v) is 1.85. The predicted molar refractivity (Wildman–Crippen MR) is 46.0 cm³/mol. The number of aliphatic hydroxyl groups is 2. The highest BCUT2D eigenvalue weighted by molar-refractivity contribution is 5.81. The number of alkyl halides is 3. The largest absolute Gasteiger partial charge is 0.471 e. The Hall–Kier alpha value is -0.820. The van der Waals surface area contributed by atoms with Gasteiger partial charge in [0.05, 0.1) is 0 Å². The zero-order valence-corrected chi connectivity index (χ0v) is 8.05. The molecule has 0 aliphatic rings. The van der Waals surface area contributed by atoms with Gasteiger partial charge in [-0.3, -0.25) is 4.79 Å². The Kier molecular flexibility index (Phi) is 6.26. The van der Waals surface area contributed by atoms with E-state index in [1.807, 2.05) is 0 Å². The molecule has 15 heavy (non-hydrogen) atoms. The number of nitrogens with one attached hydrogen (secondary N) is 1. The van der Waals surface area contributed by atoms with Gasteiger partial charge in [-0.1, -0.05) is 0 Å². The molecule has 7 heteroatoms. The van der Waals surface area contributed by atoms with Gasteiger partial charge >= 0.3 is 12.1 Å². The first-order chi connectivity index (χ1) is 6.91. The molecular formula is C8H14F3NO3. The molecule has 4 nitrogen and oxygen atoms in total. The van der Waals surface area contributed by atoms with Crippen LogP contribution in [0.4, 0.5) is 13.2 Å². The molecular weight excluding hydrogens is 215 g/mol. The monoisotopic (exact) mass is 229 g/mol. The van der Waals surface area contributed by atoms with Crippen molar-refractivity contribution in [1.82, 2.24) is 5.32 Å². The third kappa shape index (κ3) is 6.29. The van der Waals surface area contributed by atoms with Crippen LogP contribution in [0.2, 0.25) is 0 Å². The van der Waals surface area contributed by atoms with Crippen LogP contribution < -0.4 is 5.32 Å². The lowest BCUT2D eigenvalue weighted by atomic mass is 10.1. The summed E-state index contributed by atoms with van der Waals surface area (Å²) in [5.41, 5.74) is 0. The van der Waals surface area contributed by atoms with Crippen LogP contribution in [-0.4, -0.2) is 42.1 Å². The van der Waals surface area contributed by atoms with Crippen LogP contribution in [0.25, 0.3) is 0 Å². The molecule has 0 atom stereocenters. The van der Waals surface area contributed by atoms with E-state index in [1.165, 1.54) is 0 Å². The molecule has 0 saturated heterocycles. The summed E-state index contributed by atoms with van der Waals surface area (Å²) in [5, 5.41) is 19.0. The summed E-state index contributed by atoms with van der Waals surface area (Å²) < 4.78 is 35.0. The van der Waals surface area contributed by atoms with Crippen LogP contribution in [0.3, 0.4) is 0 Å². The molecule has 0 aromatic rings. The van der Waals surface area contributed by atoms with E-state index in [1.54, 1.807) is 5.32 Å². The average molecular weight is 229 g/mol. The highest BCUT2D eigenvalue weighted by atomic mass is 19.4. The van der Waals surface area contributed by atoms with E-state index >= 15 is 0 Å². The van der Waals surface area contributed by atoms with Crippen LogP contribution in [0.1, 0.15) is 12.8 Å². The van der Waals surface area contributed by atoms with E-state index in [9.17, 15) is 18.0 Å². The molecule has 0 bridgehead atoms. The van der Waals surface area contributed by atoms with Gasteiger partial charge in [0.1, 0.15) is 0 Å². The molecule has 0 spiro atoms. The third-order valence-electron chi connectivity index (χ3n) is 1.85. The topological polar surface area (TPSA) is 69.6 Å². The van der Waals surface area contributed by atoms with E-state index < -0.39 is 12.1 Å². The molecule has 3 N–H and O–H groups in total. The Morgan fingerprint density at radius 3 is 2.20 bits per heavy atom. The fourth-order valence-corrected chi connectivity index (χ4v) is 0.933. The molecule has 0 unspecified atom stereocenters. The zero-order chi connectivity index (χ0) is 11.9. The van der Waals surface area contributed by atoms with Crippen LogP contribution in [-0.2, 0) is 4.79 Å². The fraction of sp³-hybridized carbons (Fsp3) is 0.875. The van der Waals surface area contributed by atoms with Crippen molar-refractivity contribution in [3.8, 4) is 0 Å². The van der Waals surface area contributed by atoms with Gasteiger partial charge in [0.2, 0.25) is 0 Å². The second kappa shape index (κ2) is 6.62. The number of rotatable bonds is 6. The molecule has 0 saturated carbocycles. The number of hydrogen-bond donors (Lipinski definition) is 3. The maximum Gasteiger partial charge on any atom is 0.471 e. The summed E-state index contributed by atoms with van der Waals surface area (Å²) in [7, 11) is 0. The van der Waals surface area contributed by atoms with Gasteiger partial charge in [-0.05, 0) is 12.8 Å². The maximum atomic E-state index is 11.7. The lowest BCUT2D eigenvalue weighted by Gasteiger charge is -2.11. The van der Waals surface area contributed by atoms with Gasteiger partial charge in [-0.25, -0.2) is 0 Å². The molecule has 0 aromatic heterocycles. The van der Waals surface area contributed by atoms with Crippen molar-refractivity contribution in [3.05, 3.63) is 0 Å². The first kappa shape index (κ1) is 14.2. The molecule has 0 fully saturated rings. The first-order valence-electron chi connectivity index (χ1n) is 4.48. The van der Waals surface area contributed by atoms with Gasteiger partial charge < -0.3 is 15.5 Å². The van der Waals surface area contributed by atoms with Crippen LogP contribution in [0.5, 0.6) is 0 Å². The van der Waals surface area contributed by atoms with Crippen molar-refractivity contribution >= 4 is 5.91 Å².